The molecule has 1 fully saturated rings. The van der Waals surface area contributed by atoms with Gasteiger partial charge in [-0.3, -0.25) is 20.4 Å². The van der Waals surface area contributed by atoms with E-state index in [1.165, 1.54) is 29.6 Å². The van der Waals surface area contributed by atoms with E-state index in [4.69, 9.17) is 9.47 Å². The van der Waals surface area contributed by atoms with Gasteiger partial charge < -0.3 is 9.47 Å². The molecule has 0 spiro atoms. The number of ether oxygens (including phenoxy) is 2. The standard InChI is InChI=1S/C22H27N3O6S/c1-15-7-6-8-16(2)21(15)31-14-20(26)23-24-22(27)17-9-10-18(30-3)19(13-17)32(28,29)25-11-4-5-12-25/h6-10,13H,4-5,11-12,14H2,1-3H3,(H,23,26)(H,24,27). The third-order valence-corrected chi connectivity index (χ3v) is 7.10. The van der Waals surface area contributed by atoms with E-state index in [0.717, 1.165) is 24.0 Å². The Kier molecular flexibility index (Phi) is 7.37. The molecule has 1 aliphatic heterocycles. The van der Waals surface area contributed by atoms with Crippen LogP contribution in [-0.4, -0.2) is 51.3 Å². The van der Waals surface area contributed by atoms with Gasteiger partial charge >= 0.3 is 0 Å². The summed E-state index contributed by atoms with van der Waals surface area (Å²) in [5, 5.41) is 0. The van der Waals surface area contributed by atoms with Crippen molar-refractivity contribution in [2.75, 3.05) is 26.8 Å². The number of methoxy groups -OCH3 is 1. The lowest BCUT2D eigenvalue weighted by atomic mass is 10.1. The molecule has 9 nitrogen and oxygen atoms in total. The Balaban J connectivity index is 1.65. The van der Waals surface area contributed by atoms with E-state index < -0.39 is 21.8 Å². The van der Waals surface area contributed by atoms with Crippen molar-refractivity contribution < 1.29 is 27.5 Å². The number of carbonyl (C=O) groups excluding carboxylic acids is 2. The van der Waals surface area contributed by atoms with Crippen LogP contribution in [0, 0.1) is 13.8 Å². The van der Waals surface area contributed by atoms with E-state index in [1.54, 1.807) is 0 Å². The van der Waals surface area contributed by atoms with Crippen molar-refractivity contribution in [1.29, 1.82) is 0 Å². The molecule has 1 heterocycles. The van der Waals surface area contributed by atoms with E-state index in [-0.39, 0.29) is 22.8 Å². The summed E-state index contributed by atoms with van der Waals surface area (Å²) in [5.74, 6) is -0.453. The molecular weight excluding hydrogens is 434 g/mol. The molecule has 32 heavy (non-hydrogen) atoms. The number of rotatable bonds is 7. The predicted molar refractivity (Wildman–Crippen MR) is 118 cm³/mol. The Morgan fingerprint density at radius 2 is 1.69 bits per heavy atom. The lowest BCUT2D eigenvalue weighted by Crippen LogP contribution is -2.44. The molecule has 0 aliphatic carbocycles. The third kappa shape index (κ3) is 5.20. The second-order valence-corrected chi connectivity index (χ2v) is 9.40. The first-order valence-electron chi connectivity index (χ1n) is 10.2. The SMILES string of the molecule is COc1ccc(C(=O)NNC(=O)COc2c(C)cccc2C)cc1S(=O)(=O)N1CCCC1. The Labute approximate surface area is 187 Å². The van der Waals surface area contributed by atoms with Gasteiger partial charge in [-0.1, -0.05) is 18.2 Å². The van der Waals surface area contributed by atoms with Gasteiger partial charge in [-0.15, -0.1) is 0 Å². The topological polar surface area (TPSA) is 114 Å². The van der Waals surface area contributed by atoms with Gasteiger partial charge in [0.1, 0.15) is 16.4 Å². The normalized spacial score (nSPS) is 14.1. The van der Waals surface area contributed by atoms with Crippen LogP contribution in [-0.2, 0) is 14.8 Å². The summed E-state index contributed by atoms with van der Waals surface area (Å²) >= 11 is 0. The lowest BCUT2D eigenvalue weighted by molar-refractivity contribution is -0.123. The Bertz CT molecular complexity index is 1090. The molecule has 0 aromatic heterocycles. The molecule has 2 aromatic carbocycles. The van der Waals surface area contributed by atoms with Crippen molar-refractivity contribution in [3.63, 3.8) is 0 Å². The van der Waals surface area contributed by atoms with Crippen molar-refractivity contribution in [1.82, 2.24) is 15.2 Å². The first-order valence-corrected chi connectivity index (χ1v) is 11.6. The van der Waals surface area contributed by atoms with Crippen LogP contribution in [0.15, 0.2) is 41.3 Å². The minimum atomic E-state index is -3.80. The van der Waals surface area contributed by atoms with Crippen molar-refractivity contribution in [3.05, 3.63) is 53.1 Å². The fraction of sp³-hybridized carbons (Fsp3) is 0.364. The summed E-state index contributed by atoms with van der Waals surface area (Å²) in [7, 11) is -2.43. The van der Waals surface area contributed by atoms with Gasteiger partial charge in [-0.25, -0.2) is 8.42 Å². The molecule has 172 valence electrons. The molecule has 3 rings (SSSR count). The van der Waals surface area contributed by atoms with Crippen LogP contribution >= 0.6 is 0 Å². The van der Waals surface area contributed by atoms with Crippen LogP contribution in [0.4, 0.5) is 0 Å². The van der Waals surface area contributed by atoms with Gasteiger partial charge in [0, 0.05) is 18.7 Å². The minimum Gasteiger partial charge on any atom is -0.495 e. The molecule has 10 heteroatoms. The van der Waals surface area contributed by atoms with Gasteiger partial charge in [0.05, 0.1) is 7.11 Å². The Morgan fingerprint density at radius 1 is 1.03 bits per heavy atom. The number of hydrogen-bond donors (Lipinski definition) is 2. The summed E-state index contributed by atoms with van der Waals surface area (Å²) in [6.45, 7) is 4.32. The summed E-state index contributed by atoms with van der Waals surface area (Å²) in [5.41, 5.74) is 6.42. The van der Waals surface area contributed by atoms with Crippen LogP contribution < -0.4 is 20.3 Å². The maximum atomic E-state index is 13.0. The van der Waals surface area contributed by atoms with E-state index in [1.807, 2.05) is 32.0 Å². The summed E-state index contributed by atoms with van der Waals surface area (Å²) < 4.78 is 38.0. The first kappa shape index (κ1) is 23.6. The highest BCUT2D eigenvalue weighted by Gasteiger charge is 2.30. The number of hydrazine groups is 1. The highest BCUT2D eigenvalue weighted by molar-refractivity contribution is 7.89. The second kappa shape index (κ2) is 10.0. The van der Waals surface area contributed by atoms with Gasteiger partial charge in [0.25, 0.3) is 11.8 Å². The maximum Gasteiger partial charge on any atom is 0.276 e. The number of benzene rings is 2. The number of amides is 2. The van der Waals surface area contributed by atoms with Crippen molar-refractivity contribution in [2.24, 2.45) is 0 Å². The van der Waals surface area contributed by atoms with Crippen LogP contribution in [0.25, 0.3) is 0 Å². The maximum absolute atomic E-state index is 13.0. The Hall–Kier alpha value is -3.11. The minimum absolute atomic E-state index is 0.0690. The van der Waals surface area contributed by atoms with E-state index in [2.05, 4.69) is 10.9 Å². The molecule has 1 aliphatic rings. The van der Waals surface area contributed by atoms with Gasteiger partial charge in [-0.2, -0.15) is 4.31 Å². The molecular formula is C22H27N3O6S. The molecule has 2 amide bonds. The van der Waals surface area contributed by atoms with Gasteiger partial charge in [0.2, 0.25) is 10.0 Å². The van der Waals surface area contributed by atoms with Crippen LogP contribution in [0.2, 0.25) is 0 Å². The van der Waals surface area contributed by atoms with Gasteiger partial charge in [-0.05, 0) is 56.0 Å². The molecule has 0 atom stereocenters. The first-order chi connectivity index (χ1) is 15.2. The van der Waals surface area contributed by atoms with Crippen molar-refractivity contribution >= 4 is 21.8 Å². The number of nitrogens with one attached hydrogen (secondary N) is 2. The van der Waals surface area contributed by atoms with Crippen LogP contribution in [0.1, 0.15) is 34.3 Å². The highest BCUT2D eigenvalue weighted by Crippen LogP contribution is 2.29. The quantitative estimate of drug-likeness (QED) is 0.609. The number of sulfonamides is 1. The third-order valence-electron chi connectivity index (χ3n) is 5.18. The molecule has 0 unspecified atom stereocenters. The second-order valence-electron chi connectivity index (χ2n) is 7.49. The zero-order valence-corrected chi connectivity index (χ0v) is 19.1. The fourth-order valence-corrected chi connectivity index (χ4v) is 5.18. The number of nitrogens with zero attached hydrogens (tertiary/aromatic N) is 1. The molecule has 1 saturated heterocycles. The monoisotopic (exact) mass is 461 g/mol. The zero-order valence-electron chi connectivity index (χ0n) is 18.3. The summed E-state index contributed by atoms with van der Waals surface area (Å²) in [6.07, 6.45) is 1.58. The van der Waals surface area contributed by atoms with Crippen LogP contribution in [0.3, 0.4) is 0 Å². The molecule has 0 saturated carbocycles. The molecule has 0 radical (unpaired) electrons. The van der Waals surface area contributed by atoms with E-state index >= 15 is 0 Å². The average Bonchev–Trinajstić information content (AvgIpc) is 3.32. The summed E-state index contributed by atoms with van der Waals surface area (Å²) in [4.78, 5) is 24.5. The Morgan fingerprint density at radius 3 is 2.31 bits per heavy atom. The number of para-hydroxylation sites is 1. The smallest absolute Gasteiger partial charge is 0.276 e. The average molecular weight is 462 g/mol. The van der Waals surface area contributed by atoms with Crippen molar-refractivity contribution in [2.45, 2.75) is 31.6 Å². The number of aryl methyl sites for hydroxylation is 2. The molecule has 2 N–H and O–H groups in total. The number of hydrogen-bond acceptors (Lipinski definition) is 6. The zero-order chi connectivity index (χ0) is 23.3. The fourth-order valence-electron chi connectivity index (χ4n) is 3.49. The predicted octanol–water partition coefficient (Wildman–Crippen LogP) is 1.94. The van der Waals surface area contributed by atoms with Gasteiger partial charge in [0.15, 0.2) is 6.61 Å². The van der Waals surface area contributed by atoms with E-state index in [0.29, 0.717) is 18.8 Å². The lowest BCUT2D eigenvalue weighted by Gasteiger charge is -2.18. The highest BCUT2D eigenvalue weighted by atomic mass is 32.2. The number of carbonyl (C=O) groups is 2. The molecule has 2 aromatic rings. The molecule has 0 bridgehead atoms. The van der Waals surface area contributed by atoms with E-state index in [9.17, 15) is 18.0 Å². The van der Waals surface area contributed by atoms with Crippen molar-refractivity contribution in [3.8, 4) is 11.5 Å². The largest absolute Gasteiger partial charge is 0.495 e. The van der Waals surface area contributed by atoms with Crippen LogP contribution in [0.5, 0.6) is 11.5 Å². The summed E-state index contributed by atoms with van der Waals surface area (Å²) in [6, 6.07) is 9.74.